The summed E-state index contributed by atoms with van der Waals surface area (Å²) in [4.78, 5) is 0. The van der Waals surface area contributed by atoms with Crippen LogP contribution in [-0.2, 0) is 0 Å². The smallest absolute Gasteiger partial charge is 0.128 e. The van der Waals surface area contributed by atoms with E-state index in [1.165, 1.54) is 0 Å². The first kappa shape index (κ1) is 7.98. The lowest BCUT2D eigenvalue weighted by Gasteiger charge is -2.07. The molecule has 2 nitrogen and oxygen atoms in total. The van der Waals surface area contributed by atoms with Crippen molar-refractivity contribution in [3.63, 3.8) is 0 Å². The van der Waals surface area contributed by atoms with Gasteiger partial charge >= 0.3 is 0 Å². The second-order valence-electron chi connectivity index (χ2n) is 2.34. The summed E-state index contributed by atoms with van der Waals surface area (Å²) in [5.74, 6) is 0. The van der Waals surface area contributed by atoms with Gasteiger partial charge in [0.05, 0.1) is 0 Å². The highest BCUT2D eigenvalue weighted by Gasteiger charge is 2.02. The summed E-state index contributed by atoms with van der Waals surface area (Å²) in [7, 11) is 0. The van der Waals surface area contributed by atoms with Crippen molar-refractivity contribution in [3.8, 4) is 0 Å². The molecule has 0 aliphatic heterocycles. The molecule has 0 amide bonds. The fraction of sp³-hybridized carbons (Fsp3) is 0.111. The molecule has 0 radical (unpaired) electrons. The zero-order chi connectivity index (χ0) is 8.27. The third-order valence-corrected chi connectivity index (χ3v) is 1.50. The van der Waals surface area contributed by atoms with E-state index in [1.54, 1.807) is 0 Å². The van der Waals surface area contributed by atoms with Crippen molar-refractivity contribution in [2.45, 2.75) is 6.23 Å². The van der Waals surface area contributed by atoms with Gasteiger partial charge in [0, 0.05) is 0 Å². The van der Waals surface area contributed by atoms with Gasteiger partial charge in [-0.15, -0.1) is 0 Å². The van der Waals surface area contributed by atoms with Crippen LogP contribution < -0.4 is 5.73 Å². The normalized spacial score (nSPS) is 12.5. The Kier molecular flexibility index (Phi) is 2.41. The third kappa shape index (κ3) is 1.90. The molecule has 0 heterocycles. The minimum Gasteiger partial charge on any atom is -0.375 e. The Morgan fingerprint density at radius 3 is 2.36 bits per heavy atom. The summed E-state index contributed by atoms with van der Waals surface area (Å²) in [6.45, 7) is 3.65. The lowest BCUT2D eigenvalue weighted by atomic mass is 10.1. The standard InChI is InChI=1S/C9H11NO/c1-7(9(10)11)8-5-3-2-4-6-8/h2-6,9,11H,1,10H2/t9-/m0/s1. The predicted molar refractivity (Wildman–Crippen MR) is 45.7 cm³/mol. The maximum absolute atomic E-state index is 8.95. The van der Waals surface area contributed by atoms with Crippen molar-refractivity contribution in [1.29, 1.82) is 0 Å². The average Bonchev–Trinajstić information content (AvgIpc) is 2.05. The molecule has 11 heavy (non-hydrogen) atoms. The molecule has 3 N–H and O–H groups in total. The molecule has 0 unspecified atom stereocenters. The Morgan fingerprint density at radius 1 is 1.36 bits per heavy atom. The molecule has 0 bridgehead atoms. The molecule has 1 aromatic rings. The molecular weight excluding hydrogens is 138 g/mol. The minimum absolute atomic E-state index is 0.547. The van der Waals surface area contributed by atoms with Gasteiger partial charge in [-0.3, -0.25) is 0 Å². The van der Waals surface area contributed by atoms with Crippen LogP contribution in [0.4, 0.5) is 0 Å². The molecule has 1 aromatic carbocycles. The van der Waals surface area contributed by atoms with E-state index in [9.17, 15) is 0 Å². The highest BCUT2D eigenvalue weighted by molar-refractivity contribution is 5.65. The number of benzene rings is 1. The van der Waals surface area contributed by atoms with Gasteiger partial charge in [0.1, 0.15) is 6.23 Å². The summed E-state index contributed by atoms with van der Waals surface area (Å²) in [6.07, 6.45) is -0.961. The Hall–Kier alpha value is -1.12. The van der Waals surface area contributed by atoms with Gasteiger partial charge in [0.25, 0.3) is 0 Å². The van der Waals surface area contributed by atoms with Crippen LogP contribution in [0.2, 0.25) is 0 Å². The van der Waals surface area contributed by atoms with E-state index in [-0.39, 0.29) is 0 Å². The van der Waals surface area contributed by atoms with Crippen molar-refractivity contribution < 1.29 is 5.11 Å². The zero-order valence-corrected chi connectivity index (χ0v) is 6.20. The van der Waals surface area contributed by atoms with Crippen LogP contribution in [-0.4, -0.2) is 11.3 Å². The van der Waals surface area contributed by atoms with Crippen molar-refractivity contribution in [2.75, 3.05) is 0 Å². The van der Waals surface area contributed by atoms with Gasteiger partial charge in [-0.05, 0) is 11.1 Å². The first-order valence-electron chi connectivity index (χ1n) is 3.39. The number of aliphatic hydroxyl groups is 1. The third-order valence-electron chi connectivity index (χ3n) is 1.50. The van der Waals surface area contributed by atoms with E-state index in [0.29, 0.717) is 5.57 Å². The van der Waals surface area contributed by atoms with Crippen LogP contribution in [0.5, 0.6) is 0 Å². The Morgan fingerprint density at radius 2 is 1.91 bits per heavy atom. The fourth-order valence-electron chi connectivity index (χ4n) is 0.823. The van der Waals surface area contributed by atoms with Crippen molar-refractivity contribution >= 4 is 5.57 Å². The summed E-state index contributed by atoms with van der Waals surface area (Å²) in [6, 6.07) is 9.38. The van der Waals surface area contributed by atoms with Crippen molar-refractivity contribution in [1.82, 2.24) is 0 Å². The summed E-state index contributed by atoms with van der Waals surface area (Å²) in [5, 5.41) is 8.95. The lowest BCUT2D eigenvalue weighted by Crippen LogP contribution is -2.19. The topological polar surface area (TPSA) is 46.2 Å². The Balaban J connectivity index is 2.86. The second-order valence-corrected chi connectivity index (χ2v) is 2.34. The lowest BCUT2D eigenvalue weighted by molar-refractivity contribution is 0.241. The Bertz CT molecular complexity index is 241. The number of nitrogens with two attached hydrogens (primary N) is 1. The molecule has 1 rings (SSSR count). The SMILES string of the molecule is C=C(c1ccccc1)[C@@H](N)O. The summed E-state index contributed by atoms with van der Waals surface area (Å²) < 4.78 is 0. The molecular formula is C9H11NO. The number of hydrogen-bond acceptors (Lipinski definition) is 2. The van der Waals surface area contributed by atoms with Gasteiger partial charge in [-0.25, -0.2) is 0 Å². The minimum atomic E-state index is -0.961. The summed E-state index contributed by atoms with van der Waals surface area (Å²) >= 11 is 0. The molecule has 58 valence electrons. The highest BCUT2D eigenvalue weighted by atomic mass is 16.3. The largest absolute Gasteiger partial charge is 0.375 e. The van der Waals surface area contributed by atoms with Crippen LogP contribution in [0.3, 0.4) is 0 Å². The molecule has 0 aliphatic carbocycles. The van der Waals surface area contributed by atoms with Gasteiger partial charge < -0.3 is 10.8 Å². The van der Waals surface area contributed by atoms with Crippen molar-refractivity contribution in [3.05, 3.63) is 42.5 Å². The van der Waals surface area contributed by atoms with E-state index in [1.807, 2.05) is 30.3 Å². The molecule has 0 saturated carbocycles. The average molecular weight is 149 g/mol. The van der Waals surface area contributed by atoms with Crippen LogP contribution >= 0.6 is 0 Å². The van der Waals surface area contributed by atoms with Crippen LogP contribution in [0.15, 0.2) is 36.9 Å². The van der Waals surface area contributed by atoms with Gasteiger partial charge in [0.15, 0.2) is 0 Å². The highest BCUT2D eigenvalue weighted by Crippen LogP contribution is 2.12. The molecule has 0 aromatic heterocycles. The molecule has 0 aliphatic rings. The van der Waals surface area contributed by atoms with E-state index in [4.69, 9.17) is 10.8 Å². The second kappa shape index (κ2) is 3.32. The zero-order valence-electron chi connectivity index (χ0n) is 6.20. The van der Waals surface area contributed by atoms with Gasteiger partial charge in [0.2, 0.25) is 0 Å². The summed E-state index contributed by atoms with van der Waals surface area (Å²) in [5.41, 5.74) is 6.65. The predicted octanol–water partition coefficient (Wildman–Crippen LogP) is 0.977. The maximum Gasteiger partial charge on any atom is 0.128 e. The van der Waals surface area contributed by atoms with E-state index >= 15 is 0 Å². The Labute approximate surface area is 66.0 Å². The van der Waals surface area contributed by atoms with Gasteiger partial charge in [-0.2, -0.15) is 0 Å². The van der Waals surface area contributed by atoms with Crippen molar-refractivity contribution in [2.24, 2.45) is 5.73 Å². The fourth-order valence-corrected chi connectivity index (χ4v) is 0.823. The molecule has 1 atom stereocenters. The monoisotopic (exact) mass is 149 g/mol. The first-order valence-corrected chi connectivity index (χ1v) is 3.39. The van der Waals surface area contributed by atoms with Crippen LogP contribution in [0.1, 0.15) is 5.56 Å². The number of rotatable bonds is 2. The molecule has 0 saturated heterocycles. The number of aliphatic hydroxyl groups excluding tert-OH is 1. The number of hydrogen-bond donors (Lipinski definition) is 2. The maximum atomic E-state index is 8.95. The quantitative estimate of drug-likeness (QED) is 0.615. The molecule has 0 fully saturated rings. The van der Waals surface area contributed by atoms with E-state index in [2.05, 4.69) is 6.58 Å². The first-order chi connectivity index (χ1) is 5.22. The van der Waals surface area contributed by atoms with E-state index < -0.39 is 6.23 Å². The molecule has 2 heteroatoms. The van der Waals surface area contributed by atoms with Crippen LogP contribution in [0.25, 0.3) is 5.57 Å². The van der Waals surface area contributed by atoms with Crippen LogP contribution in [0, 0.1) is 0 Å². The van der Waals surface area contributed by atoms with Gasteiger partial charge in [-0.1, -0.05) is 36.9 Å². The van der Waals surface area contributed by atoms with E-state index in [0.717, 1.165) is 5.56 Å². The molecule has 0 spiro atoms.